The third kappa shape index (κ3) is 1.76. The number of nitrogen functional groups attached to an aromatic ring is 1. The van der Waals surface area contributed by atoms with Gasteiger partial charge in [-0.2, -0.15) is 0 Å². The molecule has 2 aromatic heterocycles. The van der Waals surface area contributed by atoms with Crippen LogP contribution in [0.25, 0.3) is 22.7 Å². The SMILES string of the molecule is Cc1cccnc1-c1nc2cc(Br)cc(N)c2o1. The van der Waals surface area contributed by atoms with Gasteiger partial charge in [-0.05, 0) is 30.7 Å². The molecule has 4 nitrogen and oxygen atoms in total. The van der Waals surface area contributed by atoms with Gasteiger partial charge >= 0.3 is 0 Å². The molecule has 0 spiro atoms. The summed E-state index contributed by atoms with van der Waals surface area (Å²) in [5.74, 6) is 0.493. The molecule has 0 aliphatic rings. The number of hydrogen-bond donors (Lipinski definition) is 1. The Morgan fingerprint density at radius 1 is 1.33 bits per heavy atom. The van der Waals surface area contributed by atoms with Crippen LogP contribution in [0.15, 0.2) is 39.4 Å². The molecule has 3 rings (SSSR count). The van der Waals surface area contributed by atoms with Crippen LogP contribution in [0.3, 0.4) is 0 Å². The monoisotopic (exact) mass is 303 g/mol. The summed E-state index contributed by atoms with van der Waals surface area (Å²) in [4.78, 5) is 8.71. The van der Waals surface area contributed by atoms with Crippen molar-refractivity contribution in [2.24, 2.45) is 0 Å². The molecule has 0 fully saturated rings. The van der Waals surface area contributed by atoms with Gasteiger partial charge in [-0.3, -0.25) is 4.98 Å². The van der Waals surface area contributed by atoms with Crippen LogP contribution in [0, 0.1) is 6.92 Å². The van der Waals surface area contributed by atoms with Gasteiger partial charge in [0.25, 0.3) is 0 Å². The number of nitrogens with zero attached hydrogens (tertiary/aromatic N) is 2. The fourth-order valence-corrected chi connectivity index (χ4v) is 2.30. The molecular weight excluding hydrogens is 294 g/mol. The fraction of sp³-hybridized carbons (Fsp3) is 0.0769. The van der Waals surface area contributed by atoms with Crippen molar-refractivity contribution in [1.82, 2.24) is 9.97 Å². The van der Waals surface area contributed by atoms with E-state index in [1.54, 1.807) is 12.3 Å². The maximum absolute atomic E-state index is 5.90. The molecule has 0 aliphatic heterocycles. The van der Waals surface area contributed by atoms with E-state index >= 15 is 0 Å². The van der Waals surface area contributed by atoms with Crippen LogP contribution in [0.1, 0.15) is 5.56 Å². The Hall–Kier alpha value is -1.88. The third-order valence-electron chi connectivity index (χ3n) is 2.70. The lowest BCUT2D eigenvalue weighted by molar-refractivity contribution is 0.617. The van der Waals surface area contributed by atoms with Crippen LogP contribution in [-0.4, -0.2) is 9.97 Å². The Labute approximate surface area is 112 Å². The summed E-state index contributed by atoms with van der Waals surface area (Å²) >= 11 is 3.39. The molecule has 5 heteroatoms. The van der Waals surface area contributed by atoms with E-state index < -0.39 is 0 Å². The first kappa shape index (κ1) is 11.2. The van der Waals surface area contributed by atoms with Gasteiger partial charge in [0, 0.05) is 10.7 Å². The molecule has 0 unspecified atom stereocenters. The zero-order valence-corrected chi connectivity index (χ0v) is 11.2. The third-order valence-corrected chi connectivity index (χ3v) is 3.15. The van der Waals surface area contributed by atoms with Gasteiger partial charge in [0.2, 0.25) is 5.89 Å². The molecular formula is C13H10BrN3O. The van der Waals surface area contributed by atoms with E-state index in [0.29, 0.717) is 17.2 Å². The van der Waals surface area contributed by atoms with Crippen molar-refractivity contribution in [3.8, 4) is 11.6 Å². The van der Waals surface area contributed by atoms with Gasteiger partial charge < -0.3 is 10.2 Å². The Kier molecular flexibility index (Phi) is 2.56. The van der Waals surface area contributed by atoms with E-state index in [0.717, 1.165) is 21.2 Å². The molecule has 0 bridgehead atoms. The first-order valence-corrected chi connectivity index (χ1v) is 6.22. The maximum atomic E-state index is 5.90. The number of aryl methyl sites for hydroxylation is 1. The van der Waals surface area contributed by atoms with Crippen molar-refractivity contribution < 1.29 is 4.42 Å². The lowest BCUT2D eigenvalue weighted by atomic mass is 10.2. The van der Waals surface area contributed by atoms with Gasteiger partial charge in [-0.25, -0.2) is 4.98 Å². The molecule has 1 aromatic carbocycles. The van der Waals surface area contributed by atoms with Gasteiger partial charge in [0.15, 0.2) is 5.58 Å². The van der Waals surface area contributed by atoms with Crippen molar-refractivity contribution in [1.29, 1.82) is 0 Å². The van der Waals surface area contributed by atoms with E-state index in [2.05, 4.69) is 25.9 Å². The number of hydrogen-bond acceptors (Lipinski definition) is 4. The highest BCUT2D eigenvalue weighted by Crippen LogP contribution is 2.30. The summed E-state index contributed by atoms with van der Waals surface area (Å²) in [5, 5.41) is 0. The smallest absolute Gasteiger partial charge is 0.246 e. The van der Waals surface area contributed by atoms with Crippen LogP contribution in [0.4, 0.5) is 5.69 Å². The van der Waals surface area contributed by atoms with Crippen LogP contribution in [0.5, 0.6) is 0 Å². The molecule has 90 valence electrons. The van der Waals surface area contributed by atoms with Crippen molar-refractivity contribution in [2.45, 2.75) is 6.92 Å². The summed E-state index contributed by atoms with van der Waals surface area (Å²) < 4.78 is 6.58. The number of benzene rings is 1. The van der Waals surface area contributed by atoms with E-state index in [9.17, 15) is 0 Å². The number of aromatic nitrogens is 2. The average molecular weight is 304 g/mol. The molecule has 18 heavy (non-hydrogen) atoms. The van der Waals surface area contributed by atoms with E-state index in [4.69, 9.17) is 10.2 Å². The Morgan fingerprint density at radius 2 is 2.17 bits per heavy atom. The van der Waals surface area contributed by atoms with E-state index in [1.807, 2.05) is 25.1 Å². The minimum Gasteiger partial charge on any atom is -0.432 e. The summed E-state index contributed by atoms with van der Waals surface area (Å²) in [6, 6.07) is 7.52. The van der Waals surface area contributed by atoms with Gasteiger partial charge in [-0.1, -0.05) is 22.0 Å². The second-order valence-electron chi connectivity index (χ2n) is 4.03. The number of halogens is 1. The Bertz CT molecular complexity index is 736. The second kappa shape index (κ2) is 4.10. The molecule has 3 aromatic rings. The fourth-order valence-electron chi connectivity index (χ4n) is 1.83. The zero-order valence-electron chi connectivity index (χ0n) is 9.64. The molecule has 0 atom stereocenters. The average Bonchev–Trinajstić information content (AvgIpc) is 2.73. The molecule has 0 radical (unpaired) electrons. The highest BCUT2D eigenvalue weighted by molar-refractivity contribution is 9.10. The number of anilines is 1. The minimum atomic E-state index is 0.493. The quantitative estimate of drug-likeness (QED) is 0.698. The number of oxazole rings is 1. The van der Waals surface area contributed by atoms with E-state index in [-0.39, 0.29) is 0 Å². The summed E-state index contributed by atoms with van der Waals surface area (Å²) in [7, 11) is 0. The highest BCUT2D eigenvalue weighted by Gasteiger charge is 2.13. The Balaban J connectivity index is 2.26. The van der Waals surface area contributed by atoms with Crippen molar-refractivity contribution >= 4 is 32.7 Å². The number of pyridine rings is 1. The van der Waals surface area contributed by atoms with Crippen LogP contribution in [0.2, 0.25) is 0 Å². The summed E-state index contributed by atoms with van der Waals surface area (Å²) in [5.41, 5.74) is 9.54. The van der Waals surface area contributed by atoms with Gasteiger partial charge in [0.05, 0.1) is 5.69 Å². The topological polar surface area (TPSA) is 64.9 Å². The van der Waals surface area contributed by atoms with Crippen molar-refractivity contribution in [3.63, 3.8) is 0 Å². The van der Waals surface area contributed by atoms with Crippen LogP contribution in [-0.2, 0) is 0 Å². The highest BCUT2D eigenvalue weighted by atomic mass is 79.9. The lowest BCUT2D eigenvalue weighted by Crippen LogP contribution is -1.86. The molecule has 0 aliphatic carbocycles. The first-order valence-electron chi connectivity index (χ1n) is 5.42. The minimum absolute atomic E-state index is 0.493. The first-order chi connectivity index (χ1) is 8.65. The van der Waals surface area contributed by atoms with Crippen LogP contribution < -0.4 is 5.73 Å². The Morgan fingerprint density at radius 3 is 2.94 bits per heavy atom. The van der Waals surface area contributed by atoms with Crippen LogP contribution >= 0.6 is 15.9 Å². The standard InChI is InChI=1S/C13H10BrN3O/c1-7-3-2-4-16-11(7)13-17-10-6-8(14)5-9(15)12(10)18-13/h2-6H,15H2,1H3. The van der Waals surface area contributed by atoms with Gasteiger partial charge in [-0.15, -0.1) is 0 Å². The second-order valence-corrected chi connectivity index (χ2v) is 4.95. The number of rotatable bonds is 1. The van der Waals surface area contributed by atoms with Gasteiger partial charge in [0.1, 0.15) is 11.2 Å². The number of nitrogens with two attached hydrogens (primary N) is 1. The maximum Gasteiger partial charge on any atom is 0.246 e. The van der Waals surface area contributed by atoms with Crippen molar-refractivity contribution in [3.05, 3.63) is 40.5 Å². The molecule has 2 N–H and O–H groups in total. The predicted molar refractivity (Wildman–Crippen MR) is 74.1 cm³/mol. The van der Waals surface area contributed by atoms with Crippen molar-refractivity contribution in [2.75, 3.05) is 5.73 Å². The molecule has 0 saturated carbocycles. The predicted octanol–water partition coefficient (Wildman–Crippen LogP) is 3.54. The zero-order chi connectivity index (χ0) is 12.7. The molecule has 0 amide bonds. The largest absolute Gasteiger partial charge is 0.432 e. The summed E-state index contributed by atoms with van der Waals surface area (Å²) in [6.45, 7) is 1.97. The summed E-state index contributed by atoms with van der Waals surface area (Å²) in [6.07, 6.45) is 1.72. The van der Waals surface area contributed by atoms with E-state index in [1.165, 1.54) is 0 Å². The molecule has 2 heterocycles. The lowest BCUT2D eigenvalue weighted by Gasteiger charge is -1.97. The number of fused-ring (bicyclic) bond motifs is 1. The molecule has 0 saturated heterocycles. The normalized spacial score (nSPS) is 11.0.